The Kier molecular flexibility index (Phi) is 5.86. The standard InChI is InChI=1S/C21H19N3O4/c25-19(22-10-11-23-21(28)24-16-8-2-1-3-9-16)17-12-14-6-4-5-7-15(14)13-18(17)20(26)27/h1-9,12-13H,10-11H2,(H,22,25)(H,26,27)(H2,23,24,28). The van der Waals surface area contributed by atoms with Gasteiger partial charge < -0.3 is 21.1 Å². The quantitative estimate of drug-likeness (QED) is 0.495. The molecule has 0 radical (unpaired) electrons. The summed E-state index contributed by atoms with van der Waals surface area (Å²) in [7, 11) is 0. The molecular formula is C21H19N3O4. The largest absolute Gasteiger partial charge is 0.478 e. The second-order valence-electron chi connectivity index (χ2n) is 6.05. The molecule has 3 rings (SSSR count). The van der Waals surface area contributed by atoms with Crippen LogP contribution in [0.25, 0.3) is 10.8 Å². The highest BCUT2D eigenvalue weighted by Crippen LogP contribution is 2.20. The van der Waals surface area contributed by atoms with Crippen molar-refractivity contribution in [2.45, 2.75) is 0 Å². The predicted molar refractivity (Wildman–Crippen MR) is 107 cm³/mol. The smallest absolute Gasteiger partial charge is 0.336 e. The van der Waals surface area contributed by atoms with E-state index in [9.17, 15) is 19.5 Å². The minimum atomic E-state index is -1.17. The van der Waals surface area contributed by atoms with E-state index >= 15 is 0 Å². The van der Waals surface area contributed by atoms with E-state index in [0.717, 1.165) is 10.8 Å². The third-order valence-corrected chi connectivity index (χ3v) is 4.09. The van der Waals surface area contributed by atoms with Crippen molar-refractivity contribution in [2.24, 2.45) is 0 Å². The summed E-state index contributed by atoms with van der Waals surface area (Å²) in [6.07, 6.45) is 0. The fourth-order valence-electron chi connectivity index (χ4n) is 2.75. The maximum absolute atomic E-state index is 12.4. The van der Waals surface area contributed by atoms with Crippen molar-refractivity contribution in [3.8, 4) is 0 Å². The summed E-state index contributed by atoms with van der Waals surface area (Å²) in [4.78, 5) is 35.8. The number of nitrogens with one attached hydrogen (secondary N) is 3. The molecule has 0 saturated carbocycles. The van der Waals surface area contributed by atoms with Gasteiger partial charge in [0.25, 0.3) is 5.91 Å². The monoisotopic (exact) mass is 377 g/mol. The van der Waals surface area contributed by atoms with Gasteiger partial charge in [-0.2, -0.15) is 0 Å². The van der Waals surface area contributed by atoms with Crippen LogP contribution in [0.4, 0.5) is 10.5 Å². The number of anilines is 1. The van der Waals surface area contributed by atoms with Crippen LogP contribution in [0.3, 0.4) is 0 Å². The number of carboxylic acid groups (broad SMARTS) is 1. The molecule has 0 fully saturated rings. The van der Waals surface area contributed by atoms with Crippen LogP contribution in [0.2, 0.25) is 0 Å². The van der Waals surface area contributed by atoms with Gasteiger partial charge in [-0.05, 0) is 35.0 Å². The number of hydrogen-bond acceptors (Lipinski definition) is 3. The first-order chi connectivity index (χ1) is 13.5. The zero-order valence-corrected chi connectivity index (χ0v) is 14.9. The van der Waals surface area contributed by atoms with Crippen molar-refractivity contribution < 1.29 is 19.5 Å². The molecule has 0 aliphatic rings. The third kappa shape index (κ3) is 4.64. The summed E-state index contributed by atoms with van der Waals surface area (Å²) in [6.45, 7) is 0.354. The fourth-order valence-corrected chi connectivity index (χ4v) is 2.75. The average Bonchev–Trinajstić information content (AvgIpc) is 2.70. The van der Waals surface area contributed by atoms with Gasteiger partial charge in [-0.1, -0.05) is 42.5 Å². The Morgan fingerprint density at radius 2 is 1.32 bits per heavy atom. The van der Waals surface area contributed by atoms with Crippen LogP contribution >= 0.6 is 0 Å². The Hall–Kier alpha value is -3.87. The van der Waals surface area contributed by atoms with E-state index in [0.29, 0.717) is 5.69 Å². The van der Waals surface area contributed by atoms with Gasteiger partial charge in [0, 0.05) is 18.8 Å². The molecule has 3 amide bonds. The van der Waals surface area contributed by atoms with Crippen molar-refractivity contribution >= 4 is 34.4 Å². The molecule has 3 aromatic rings. The van der Waals surface area contributed by atoms with Gasteiger partial charge in [-0.25, -0.2) is 9.59 Å². The molecule has 7 nitrogen and oxygen atoms in total. The lowest BCUT2D eigenvalue weighted by Crippen LogP contribution is -2.37. The van der Waals surface area contributed by atoms with Crippen LogP contribution in [-0.2, 0) is 0 Å². The van der Waals surface area contributed by atoms with E-state index in [2.05, 4.69) is 16.0 Å². The van der Waals surface area contributed by atoms with Crippen LogP contribution in [0.5, 0.6) is 0 Å². The number of benzene rings is 3. The van der Waals surface area contributed by atoms with Crippen LogP contribution in [0.15, 0.2) is 66.7 Å². The topological polar surface area (TPSA) is 108 Å². The average molecular weight is 377 g/mol. The number of para-hydroxylation sites is 1. The maximum Gasteiger partial charge on any atom is 0.336 e. The Balaban J connectivity index is 1.58. The van der Waals surface area contributed by atoms with Crippen molar-refractivity contribution in [3.63, 3.8) is 0 Å². The lowest BCUT2D eigenvalue weighted by molar-refractivity contribution is 0.0691. The highest BCUT2D eigenvalue weighted by Gasteiger charge is 2.17. The van der Waals surface area contributed by atoms with Crippen LogP contribution in [0, 0.1) is 0 Å². The summed E-state index contributed by atoms with van der Waals surface area (Å²) in [5, 5.41) is 18.9. The molecule has 0 atom stereocenters. The Morgan fingerprint density at radius 3 is 1.96 bits per heavy atom. The minimum Gasteiger partial charge on any atom is -0.478 e. The molecule has 142 valence electrons. The molecule has 0 aliphatic carbocycles. The predicted octanol–water partition coefficient (Wildman–Crippen LogP) is 3.09. The van der Waals surface area contributed by atoms with Crippen LogP contribution in [-0.4, -0.2) is 36.1 Å². The number of urea groups is 1. The first-order valence-electron chi connectivity index (χ1n) is 8.69. The number of carbonyl (C=O) groups is 3. The number of aromatic carboxylic acids is 1. The van der Waals surface area contributed by atoms with Gasteiger partial charge in [0.1, 0.15) is 0 Å². The van der Waals surface area contributed by atoms with E-state index in [4.69, 9.17) is 0 Å². The first kappa shape index (κ1) is 18.9. The second kappa shape index (κ2) is 8.68. The normalized spacial score (nSPS) is 10.3. The zero-order chi connectivity index (χ0) is 19.9. The van der Waals surface area contributed by atoms with E-state index in [1.165, 1.54) is 6.07 Å². The molecule has 0 heterocycles. The van der Waals surface area contributed by atoms with Crippen LogP contribution < -0.4 is 16.0 Å². The Morgan fingerprint density at radius 1 is 0.750 bits per heavy atom. The molecule has 0 aromatic heterocycles. The number of carboxylic acids is 1. The molecule has 0 unspecified atom stereocenters. The molecule has 4 N–H and O–H groups in total. The lowest BCUT2D eigenvalue weighted by atomic mass is 10.0. The van der Waals surface area contributed by atoms with Gasteiger partial charge in [-0.3, -0.25) is 4.79 Å². The van der Waals surface area contributed by atoms with E-state index in [1.54, 1.807) is 42.5 Å². The molecule has 7 heteroatoms. The van der Waals surface area contributed by atoms with E-state index in [1.807, 2.05) is 18.2 Å². The highest BCUT2D eigenvalue weighted by molar-refractivity contribution is 6.08. The highest BCUT2D eigenvalue weighted by atomic mass is 16.4. The number of hydrogen-bond donors (Lipinski definition) is 4. The SMILES string of the molecule is O=C(NCCNC(=O)c1cc2ccccc2cc1C(=O)O)Nc1ccccc1. The molecule has 0 aliphatic heterocycles. The lowest BCUT2D eigenvalue weighted by Gasteiger charge is -2.11. The first-order valence-corrected chi connectivity index (χ1v) is 8.69. The summed E-state index contributed by atoms with van der Waals surface area (Å²) >= 11 is 0. The van der Waals surface area contributed by atoms with Crippen LogP contribution in [0.1, 0.15) is 20.7 Å². The summed E-state index contributed by atoms with van der Waals surface area (Å²) < 4.78 is 0. The number of rotatable bonds is 6. The summed E-state index contributed by atoms with van der Waals surface area (Å²) in [5.74, 6) is -1.68. The number of amides is 3. The van der Waals surface area contributed by atoms with Crippen molar-refractivity contribution in [1.29, 1.82) is 0 Å². The summed E-state index contributed by atoms with van der Waals surface area (Å²) in [6, 6.07) is 18.9. The Bertz CT molecular complexity index is 1020. The molecule has 28 heavy (non-hydrogen) atoms. The van der Waals surface area contributed by atoms with Gasteiger partial charge in [0.05, 0.1) is 11.1 Å². The second-order valence-corrected chi connectivity index (χ2v) is 6.05. The van der Waals surface area contributed by atoms with Gasteiger partial charge in [0.15, 0.2) is 0 Å². The van der Waals surface area contributed by atoms with Gasteiger partial charge in [-0.15, -0.1) is 0 Å². The zero-order valence-electron chi connectivity index (χ0n) is 14.9. The molecule has 3 aromatic carbocycles. The van der Waals surface area contributed by atoms with Crippen molar-refractivity contribution in [3.05, 3.63) is 77.9 Å². The molecular weight excluding hydrogens is 358 g/mol. The molecule has 0 spiro atoms. The molecule has 0 bridgehead atoms. The van der Waals surface area contributed by atoms with Crippen molar-refractivity contribution in [1.82, 2.24) is 10.6 Å². The summed E-state index contributed by atoms with van der Waals surface area (Å²) in [5.41, 5.74) is 0.678. The van der Waals surface area contributed by atoms with Gasteiger partial charge in [0.2, 0.25) is 0 Å². The molecule has 0 saturated heterocycles. The third-order valence-electron chi connectivity index (χ3n) is 4.09. The van der Waals surface area contributed by atoms with Crippen molar-refractivity contribution in [2.75, 3.05) is 18.4 Å². The number of fused-ring (bicyclic) bond motifs is 1. The maximum atomic E-state index is 12.4. The Labute approximate surface area is 161 Å². The minimum absolute atomic E-state index is 0.0639. The number of carbonyl (C=O) groups excluding carboxylic acids is 2. The van der Waals surface area contributed by atoms with E-state index in [-0.39, 0.29) is 24.2 Å². The van der Waals surface area contributed by atoms with Gasteiger partial charge >= 0.3 is 12.0 Å². The van der Waals surface area contributed by atoms with E-state index < -0.39 is 17.9 Å². The fraction of sp³-hybridized carbons (Fsp3) is 0.0952.